The zero-order valence-corrected chi connectivity index (χ0v) is 14.5. The number of nitrogens with one attached hydrogen (secondary N) is 1. The van der Waals surface area contributed by atoms with Crippen LogP contribution in [0.15, 0.2) is 30.4 Å². The Hall–Kier alpha value is -2.50. The summed E-state index contributed by atoms with van der Waals surface area (Å²) in [5.74, 6) is 1.42. The number of hydrogen-bond donors (Lipinski definition) is 1. The van der Waals surface area contributed by atoms with Crippen LogP contribution in [0, 0.1) is 5.92 Å². The third-order valence-electron chi connectivity index (χ3n) is 4.44. The average Bonchev–Trinajstić information content (AvgIpc) is 3.12. The highest BCUT2D eigenvalue weighted by molar-refractivity contribution is 5.94. The first-order chi connectivity index (χ1) is 12.2. The summed E-state index contributed by atoms with van der Waals surface area (Å²) >= 11 is 0. The molecule has 2 amide bonds. The van der Waals surface area contributed by atoms with E-state index >= 15 is 0 Å². The summed E-state index contributed by atoms with van der Waals surface area (Å²) in [6.07, 6.45) is 6.74. The number of anilines is 1. The van der Waals surface area contributed by atoms with Crippen LogP contribution in [0.4, 0.5) is 5.69 Å². The van der Waals surface area contributed by atoms with Crippen molar-refractivity contribution in [2.24, 2.45) is 5.92 Å². The van der Waals surface area contributed by atoms with Crippen LogP contribution in [-0.2, 0) is 9.59 Å². The molecule has 3 rings (SSSR count). The lowest BCUT2D eigenvalue weighted by atomic mass is 10.0. The lowest BCUT2D eigenvalue weighted by Gasteiger charge is -2.22. The molecule has 1 aromatic carbocycles. The second-order valence-corrected chi connectivity index (χ2v) is 6.28. The van der Waals surface area contributed by atoms with E-state index in [2.05, 4.69) is 17.5 Å². The van der Waals surface area contributed by atoms with Gasteiger partial charge < -0.3 is 19.7 Å². The molecule has 0 fully saturated rings. The Balaban J connectivity index is 1.55. The lowest BCUT2D eigenvalue weighted by molar-refractivity contribution is -0.135. The van der Waals surface area contributed by atoms with Crippen molar-refractivity contribution in [3.05, 3.63) is 30.4 Å². The third kappa shape index (κ3) is 4.53. The summed E-state index contributed by atoms with van der Waals surface area (Å²) in [6.45, 7) is 3.49. The molecule has 134 valence electrons. The van der Waals surface area contributed by atoms with Crippen LogP contribution >= 0.6 is 0 Å². The Kier molecular flexibility index (Phi) is 5.58. The highest BCUT2D eigenvalue weighted by Gasteiger charge is 2.20. The number of carbonyl (C=O) groups excluding carboxylic acids is 2. The first-order valence-electron chi connectivity index (χ1n) is 8.79. The smallest absolute Gasteiger partial charge is 0.243 e. The van der Waals surface area contributed by atoms with Gasteiger partial charge in [-0.25, -0.2) is 0 Å². The van der Waals surface area contributed by atoms with Gasteiger partial charge in [-0.05, 0) is 37.8 Å². The molecule has 25 heavy (non-hydrogen) atoms. The van der Waals surface area contributed by atoms with Gasteiger partial charge in [-0.2, -0.15) is 0 Å². The molecule has 0 spiro atoms. The molecular weight excluding hydrogens is 320 g/mol. The van der Waals surface area contributed by atoms with E-state index in [1.54, 1.807) is 23.1 Å². The van der Waals surface area contributed by atoms with Crippen LogP contribution in [0.2, 0.25) is 0 Å². The minimum absolute atomic E-state index is 0.0244. The molecule has 0 saturated carbocycles. The maximum Gasteiger partial charge on any atom is 0.243 e. The molecule has 1 aliphatic heterocycles. The molecule has 1 N–H and O–H groups in total. The number of likely N-dealkylation sites (N-methyl/N-ethyl adjacent to an activating group) is 1. The van der Waals surface area contributed by atoms with Crippen LogP contribution in [0.1, 0.15) is 26.2 Å². The summed E-state index contributed by atoms with van der Waals surface area (Å²) in [5, 5.41) is 2.82. The summed E-state index contributed by atoms with van der Waals surface area (Å²) < 4.78 is 11.0. The van der Waals surface area contributed by atoms with Crippen molar-refractivity contribution >= 4 is 17.5 Å². The average molecular weight is 344 g/mol. The van der Waals surface area contributed by atoms with E-state index in [0.29, 0.717) is 49.3 Å². The fourth-order valence-corrected chi connectivity index (χ4v) is 3.09. The number of benzene rings is 1. The maximum absolute atomic E-state index is 12.4. The van der Waals surface area contributed by atoms with Crippen molar-refractivity contribution < 1.29 is 19.1 Å². The van der Waals surface area contributed by atoms with Gasteiger partial charge in [0.15, 0.2) is 11.5 Å². The highest BCUT2D eigenvalue weighted by Crippen LogP contribution is 2.32. The van der Waals surface area contributed by atoms with Gasteiger partial charge in [0.2, 0.25) is 11.8 Å². The number of rotatable bonds is 6. The SMILES string of the molecule is CCN(CC(=O)Nc1ccc2c(c1)OCCO2)C(=O)CC1C=CCC1. The van der Waals surface area contributed by atoms with Gasteiger partial charge in [-0.15, -0.1) is 0 Å². The van der Waals surface area contributed by atoms with Gasteiger partial charge in [0.1, 0.15) is 13.2 Å². The maximum atomic E-state index is 12.4. The van der Waals surface area contributed by atoms with Crippen LogP contribution in [-0.4, -0.2) is 43.0 Å². The van der Waals surface area contributed by atoms with Gasteiger partial charge in [0.05, 0.1) is 6.54 Å². The Morgan fingerprint density at radius 3 is 2.76 bits per heavy atom. The van der Waals surface area contributed by atoms with E-state index in [-0.39, 0.29) is 18.4 Å². The number of hydrogen-bond acceptors (Lipinski definition) is 4. The molecule has 6 nitrogen and oxygen atoms in total. The molecule has 1 atom stereocenters. The molecular formula is C19H24N2O4. The second kappa shape index (κ2) is 8.05. The Morgan fingerprint density at radius 2 is 2.04 bits per heavy atom. The van der Waals surface area contributed by atoms with Crippen LogP contribution in [0.3, 0.4) is 0 Å². The summed E-state index contributed by atoms with van der Waals surface area (Å²) in [5.41, 5.74) is 0.636. The van der Waals surface area contributed by atoms with E-state index in [1.807, 2.05) is 6.92 Å². The number of fused-ring (bicyclic) bond motifs is 1. The third-order valence-corrected chi connectivity index (χ3v) is 4.44. The standard InChI is InChI=1S/C19H24N2O4/c1-2-21(19(23)11-14-5-3-4-6-14)13-18(22)20-15-7-8-16-17(12-15)25-10-9-24-16/h3,5,7-8,12,14H,2,4,6,9-11,13H2,1H3,(H,20,22). The van der Waals surface area contributed by atoms with Crippen molar-refractivity contribution in [3.8, 4) is 11.5 Å². The van der Waals surface area contributed by atoms with E-state index in [4.69, 9.17) is 9.47 Å². The fraction of sp³-hybridized carbons (Fsp3) is 0.474. The van der Waals surface area contributed by atoms with Crippen molar-refractivity contribution in [2.45, 2.75) is 26.2 Å². The van der Waals surface area contributed by atoms with Crippen LogP contribution < -0.4 is 14.8 Å². The Labute approximate surface area is 147 Å². The first kappa shape index (κ1) is 17.3. The number of allylic oxidation sites excluding steroid dienone is 2. The minimum atomic E-state index is -0.214. The monoisotopic (exact) mass is 344 g/mol. The van der Waals surface area contributed by atoms with Crippen LogP contribution in [0.5, 0.6) is 11.5 Å². The van der Waals surface area contributed by atoms with Crippen molar-refractivity contribution in [1.82, 2.24) is 4.90 Å². The second-order valence-electron chi connectivity index (χ2n) is 6.28. The molecule has 2 aliphatic rings. The minimum Gasteiger partial charge on any atom is -0.486 e. The molecule has 0 radical (unpaired) electrons. The van der Waals surface area contributed by atoms with E-state index in [1.165, 1.54) is 0 Å². The zero-order valence-electron chi connectivity index (χ0n) is 14.5. The Bertz CT molecular complexity index is 671. The lowest BCUT2D eigenvalue weighted by Crippen LogP contribution is -2.38. The number of nitrogens with zero attached hydrogens (tertiary/aromatic N) is 1. The topological polar surface area (TPSA) is 67.9 Å². The van der Waals surface area contributed by atoms with E-state index in [0.717, 1.165) is 12.8 Å². The molecule has 0 aromatic heterocycles. The largest absolute Gasteiger partial charge is 0.486 e. The molecule has 6 heteroatoms. The van der Waals surface area contributed by atoms with Gasteiger partial charge in [-0.1, -0.05) is 12.2 Å². The van der Waals surface area contributed by atoms with Gasteiger partial charge in [0.25, 0.3) is 0 Å². The number of carbonyl (C=O) groups is 2. The van der Waals surface area contributed by atoms with Crippen LogP contribution in [0.25, 0.3) is 0 Å². The summed E-state index contributed by atoms with van der Waals surface area (Å²) in [7, 11) is 0. The van der Waals surface area contributed by atoms with Crippen molar-refractivity contribution in [3.63, 3.8) is 0 Å². The number of ether oxygens (including phenoxy) is 2. The molecule has 0 saturated heterocycles. The molecule has 1 unspecified atom stereocenters. The molecule has 1 heterocycles. The van der Waals surface area contributed by atoms with Crippen molar-refractivity contribution in [1.29, 1.82) is 0 Å². The molecule has 1 aliphatic carbocycles. The van der Waals surface area contributed by atoms with E-state index < -0.39 is 0 Å². The molecule has 1 aromatic rings. The summed E-state index contributed by atoms with van der Waals surface area (Å²) in [4.78, 5) is 26.3. The zero-order chi connectivity index (χ0) is 17.6. The fourth-order valence-electron chi connectivity index (χ4n) is 3.09. The van der Waals surface area contributed by atoms with Gasteiger partial charge in [-0.3, -0.25) is 9.59 Å². The van der Waals surface area contributed by atoms with Gasteiger partial charge in [0, 0.05) is 24.7 Å². The molecule has 0 bridgehead atoms. The van der Waals surface area contributed by atoms with Gasteiger partial charge >= 0.3 is 0 Å². The summed E-state index contributed by atoms with van der Waals surface area (Å²) in [6, 6.07) is 5.29. The number of amides is 2. The predicted octanol–water partition coefficient (Wildman–Crippen LogP) is 2.60. The highest BCUT2D eigenvalue weighted by atomic mass is 16.6. The first-order valence-corrected chi connectivity index (χ1v) is 8.79. The predicted molar refractivity (Wildman–Crippen MR) is 94.8 cm³/mol. The van der Waals surface area contributed by atoms with E-state index in [9.17, 15) is 9.59 Å². The van der Waals surface area contributed by atoms with Crippen molar-refractivity contribution in [2.75, 3.05) is 31.6 Å². The normalized spacial score (nSPS) is 18.0. The Morgan fingerprint density at radius 1 is 1.24 bits per heavy atom. The quantitative estimate of drug-likeness (QED) is 0.806.